The minimum Gasteiger partial charge on any atom is -0.453 e. The van der Waals surface area contributed by atoms with Gasteiger partial charge in [-0.05, 0) is 0 Å². The molecule has 1 aromatic heterocycles. The summed E-state index contributed by atoms with van der Waals surface area (Å²) in [5, 5.41) is 8.12. The molecule has 1 amide bonds. The van der Waals surface area contributed by atoms with E-state index in [4.69, 9.17) is 0 Å². The Balaban J connectivity index is 2.64. The van der Waals surface area contributed by atoms with Crippen molar-refractivity contribution in [1.29, 1.82) is 0 Å². The largest absolute Gasteiger partial charge is 0.453 e. The van der Waals surface area contributed by atoms with Gasteiger partial charge in [0.15, 0.2) is 5.01 Å². The average Bonchev–Trinajstić information content (AvgIpc) is 2.52. The van der Waals surface area contributed by atoms with Crippen LogP contribution in [0.25, 0.3) is 0 Å². The molecule has 72 valence electrons. The van der Waals surface area contributed by atoms with Gasteiger partial charge in [0.2, 0.25) is 5.13 Å². The molecule has 0 radical (unpaired) electrons. The number of aromatic nitrogens is 2. The van der Waals surface area contributed by atoms with E-state index in [2.05, 4.69) is 20.3 Å². The van der Waals surface area contributed by atoms with Crippen molar-refractivity contribution in [2.45, 2.75) is 6.43 Å². The molecule has 0 atom stereocenters. The molecule has 13 heavy (non-hydrogen) atoms. The summed E-state index contributed by atoms with van der Waals surface area (Å²) in [5.74, 6) is 0. The smallest absolute Gasteiger partial charge is 0.413 e. The topological polar surface area (TPSA) is 64.1 Å². The van der Waals surface area contributed by atoms with Gasteiger partial charge in [-0.2, -0.15) is 0 Å². The van der Waals surface area contributed by atoms with Crippen LogP contribution in [0.5, 0.6) is 0 Å². The predicted octanol–water partition coefficient (Wildman–Crippen LogP) is 1.65. The van der Waals surface area contributed by atoms with E-state index >= 15 is 0 Å². The van der Waals surface area contributed by atoms with Crippen molar-refractivity contribution in [3.05, 3.63) is 5.01 Å². The van der Waals surface area contributed by atoms with Gasteiger partial charge in [-0.3, -0.25) is 5.32 Å². The maximum absolute atomic E-state index is 12.0. The minimum absolute atomic E-state index is 0.0119. The Morgan fingerprint density at radius 2 is 2.31 bits per heavy atom. The van der Waals surface area contributed by atoms with Crippen LogP contribution in [-0.2, 0) is 4.74 Å². The van der Waals surface area contributed by atoms with Gasteiger partial charge in [0.1, 0.15) is 0 Å². The van der Waals surface area contributed by atoms with E-state index in [9.17, 15) is 13.6 Å². The number of carbonyl (C=O) groups excluding carboxylic acids is 1. The van der Waals surface area contributed by atoms with E-state index in [0.29, 0.717) is 11.3 Å². The lowest BCUT2D eigenvalue weighted by molar-refractivity contribution is 0.150. The summed E-state index contributed by atoms with van der Waals surface area (Å²) < 4.78 is 28.2. The third kappa shape index (κ3) is 2.58. The molecule has 0 aliphatic rings. The first-order valence-corrected chi connectivity index (χ1v) is 3.91. The zero-order valence-electron chi connectivity index (χ0n) is 6.45. The van der Waals surface area contributed by atoms with E-state index in [1.165, 1.54) is 0 Å². The lowest BCUT2D eigenvalue weighted by Gasteiger charge is -1.95. The SMILES string of the molecule is COC(=O)Nc1nnc(C(F)F)s1. The third-order valence-corrected chi connectivity index (χ3v) is 1.87. The Bertz CT molecular complexity index is 304. The average molecular weight is 209 g/mol. The number of nitrogens with one attached hydrogen (secondary N) is 1. The van der Waals surface area contributed by atoms with E-state index < -0.39 is 17.5 Å². The third-order valence-electron chi connectivity index (χ3n) is 1.02. The summed E-state index contributed by atoms with van der Waals surface area (Å²) in [7, 11) is 1.16. The van der Waals surface area contributed by atoms with Gasteiger partial charge in [-0.1, -0.05) is 11.3 Å². The van der Waals surface area contributed by atoms with E-state index in [1.54, 1.807) is 0 Å². The van der Waals surface area contributed by atoms with Crippen LogP contribution in [-0.4, -0.2) is 23.4 Å². The van der Waals surface area contributed by atoms with Gasteiger partial charge in [0.05, 0.1) is 7.11 Å². The maximum atomic E-state index is 12.0. The van der Waals surface area contributed by atoms with E-state index in [-0.39, 0.29) is 5.13 Å². The van der Waals surface area contributed by atoms with Crippen LogP contribution in [0.15, 0.2) is 0 Å². The molecule has 0 aromatic carbocycles. The summed E-state index contributed by atoms with van der Waals surface area (Å²) in [4.78, 5) is 10.6. The highest BCUT2D eigenvalue weighted by atomic mass is 32.1. The summed E-state index contributed by atoms with van der Waals surface area (Å²) in [6.07, 6.45) is -3.44. The number of amides is 1. The number of alkyl halides is 2. The van der Waals surface area contributed by atoms with Crippen LogP contribution in [0.1, 0.15) is 11.4 Å². The molecule has 0 saturated heterocycles. The molecule has 0 aliphatic carbocycles. The second kappa shape index (κ2) is 4.08. The molecule has 0 fully saturated rings. The van der Waals surface area contributed by atoms with Crippen molar-refractivity contribution in [3.8, 4) is 0 Å². The predicted molar refractivity (Wildman–Crippen MR) is 40.9 cm³/mol. The Morgan fingerprint density at radius 3 is 2.77 bits per heavy atom. The second-order valence-corrected chi connectivity index (χ2v) is 2.87. The number of hydrogen-bond donors (Lipinski definition) is 1. The molecule has 0 bridgehead atoms. The van der Waals surface area contributed by atoms with Gasteiger partial charge in [-0.15, -0.1) is 10.2 Å². The zero-order chi connectivity index (χ0) is 9.84. The number of carbonyl (C=O) groups is 1. The van der Waals surface area contributed by atoms with E-state index in [1.807, 2.05) is 0 Å². The molecule has 1 aromatic rings. The summed E-state index contributed by atoms with van der Waals surface area (Å²) in [6.45, 7) is 0. The molecule has 0 spiro atoms. The summed E-state index contributed by atoms with van der Waals surface area (Å²) in [5.41, 5.74) is 0. The van der Waals surface area contributed by atoms with Gasteiger partial charge >= 0.3 is 6.09 Å². The highest BCUT2D eigenvalue weighted by Crippen LogP contribution is 2.24. The molecule has 1 rings (SSSR count). The second-order valence-electron chi connectivity index (χ2n) is 1.86. The lowest BCUT2D eigenvalue weighted by Crippen LogP contribution is -2.10. The quantitative estimate of drug-likeness (QED) is 0.804. The zero-order valence-corrected chi connectivity index (χ0v) is 7.27. The van der Waals surface area contributed by atoms with Crippen LogP contribution in [0.2, 0.25) is 0 Å². The van der Waals surface area contributed by atoms with Crippen molar-refractivity contribution >= 4 is 22.6 Å². The molecule has 1 N–H and O–H groups in total. The molecular weight excluding hydrogens is 204 g/mol. The number of ether oxygens (including phenoxy) is 1. The molecule has 0 unspecified atom stereocenters. The first kappa shape index (κ1) is 9.78. The highest BCUT2D eigenvalue weighted by molar-refractivity contribution is 7.15. The Kier molecular flexibility index (Phi) is 3.07. The number of nitrogens with zero attached hydrogens (tertiary/aromatic N) is 2. The molecule has 0 saturated carbocycles. The van der Waals surface area contributed by atoms with Crippen LogP contribution in [0.3, 0.4) is 0 Å². The van der Waals surface area contributed by atoms with E-state index in [0.717, 1.165) is 7.11 Å². The highest BCUT2D eigenvalue weighted by Gasteiger charge is 2.14. The van der Waals surface area contributed by atoms with Crippen molar-refractivity contribution in [2.24, 2.45) is 0 Å². The monoisotopic (exact) mass is 209 g/mol. The Labute approximate surface area is 75.7 Å². The fourth-order valence-corrected chi connectivity index (χ4v) is 1.10. The molecule has 1 heterocycles. The van der Waals surface area contributed by atoms with Crippen molar-refractivity contribution < 1.29 is 18.3 Å². The molecular formula is C5H5F2N3O2S. The molecule has 8 heteroatoms. The van der Waals surface area contributed by atoms with Crippen molar-refractivity contribution in [3.63, 3.8) is 0 Å². The molecule has 5 nitrogen and oxygen atoms in total. The number of hydrogen-bond acceptors (Lipinski definition) is 5. The number of anilines is 1. The summed E-state index contributed by atoms with van der Waals surface area (Å²) >= 11 is 0.601. The Hall–Kier alpha value is -1.31. The summed E-state index contributed by atoms with van der Waals surface area (Å²) in [6, 6.07) is 0. The van der Waals surface area contributed by atoms with Gasteiger partial charge in [0.25, 0.3) is 6.43 Å². The number of halogens is 2. The lowest BCUT2D eigenvalue weighted by atomic mass is 10.8. The van der Waals surface area contributed by atoms with Crippen LogP contribution < -0.4 is 5.32 Å². The maximum Gasteiger partial charge on any atom is 0.413 e. The molecule has 0 aliphatic heterocycles. The van der Waals surface area contributed by atoms with Gasteiger partial charge in [0, 0.05) is 0 Å². The van der Waals surface area contributed by atoms with Crippen molar-refractivity contribution in [2.75, 3.05) is 12.4 Å². The normalized spacial score (nSPS) is 10.2. The number of rotatable bonds is 2. The fourth-order valence-electron chi connectivity index (χ4n) is 0.512. The first-order chi connectivity index (χ1) is 6.13. The minimum atomic E-state index is -2.68. The number of methoxy groups -OCH3 is 1. The first-order valence-electron chi connectivity index (χ1n) is 3.10. The van der Waals surface area contributed by atoms with Crippen LogP contribution in [0.4, 0.5) is 18.7 Å². The van der Waals surface area contributed by atoms with Gasteiger partial charge in [-0.25, -0.2) is 13.6 Å². The van der Waals surface area contributed by atoms with Gasteiger partial charge < -0.3 is 4.74 Å². The van der Waals surface area contributed by atoms with Crippen molar-refractivity contribution in [1.82, 2.24) is 10.2 Å². The fraction of sp³-hybridized carbons (Fsp3) is 0.400. The standard InChI is InChI=1S/C5H5F2N3O2S/c1-12-5(11)8-4-10-9-3(13-4)2(6)7/h2H,1H3,(H,8,10,11). The Morgan fingerprint density at radius 1 is 1.62 bits per heavy atom. The van der Waals surface area contributed by atoms with Crippen LogP contribution in [0, 0.1) is 0 Å². The van der Waals surface area contributed by atoms with Crippen LogP contribution >= 0.6 is 11.3 Å².